The van der Waals surface area contributed by atoms with E-state index in [9.17, 15) is 17.6 Å². The molecular weight excluding hydrogens is 571 g/mol. The van der Waals surface area contributed by atoms with Crippen LogP contribution in [0.2, 0.25) is 6.32 Å². The van der Waals surface area contributed by atoms with Crippen molar-refractivity contribution in [2.24, 2.45) is 0 Å². The first-order valence-electron chi connectivity index (χ1n) is 13.9. The fourth-order valence-corrected chi connectivity index (χ4v) is 4.77. The van der Waals surface area contributed by atoms with Crippen molar-refractivity contribution in [2.75, 3.05) is 0 Å². The van der Waals surface area contributed by atoms with Crippen molar-refractivity contribution in [3.8, 4) is 16.9 Å². The highest BCUT2D eigenvalue weighted by atomic mass is 35.5. The second-order valence-corrected chi connectivity index (χ2v) is 10.7. The van der Waals surface area contributed by atoms with Crippen LogP contribution in [0, 0.1) is 6.92 Å². The summed E-state index contributed by atoms with van der Waals surface area (Å²) in [6, 6.07) is 33.5. The topological polar surface area (TPSA) is 17.8 Å². The Balaban J connectivity index is 0.000000213. The molecule has 0 radical (unpaired) electrons. The number of benzene rings is 4. The normalized spacial score (nSPS) is 12.8. The fraction of sp³-hybridized carbons (Fsp3) is 0.171. The smallest absolute Gasteiger partial charge is 0.299 e. The molecule has 8 heteroatoms. The van der Waals surface area contributed by atoms with Crippen molar-refractivity contribution < 1.29 is 17.6 Å². The van der Waals surface area contributed by atoms with E-state index >= 15 is 0 Å². The molecule has 1 aromatic heterocycles. The number of aromatic nitrogens is 2. The van der Waals surface area contributed by atoms with Crippen LogP contribution < -0.4 is 10.9 Å². The van der Waals surface area contributed by atoms with Crippen molar-refractivity contribution in [2.45, 2.75) is 37.9 Å². The number of hydrogen-bond acceptors (Lipinski definition) is 1. The number of imidazole rings is 1. The lowest BCUT2D eigenvalue weighted by atomic mass is 9.38. The Labute approximate surface area is 255 Å². The van der Waals surface area contributed by atoms with E-state index in [1.807, 2.05) is 80.1 Å². The molecule has 1 heterocycles. The summed E-state index contributed by atoms with van der Waals surface area (Å²) in [5.74, 6) is 0. The third-order valence-electron chi connectivity index (χ3n) is 6.96. The minimum atomic E-state index is -4.36. The van der Waals surface area contributed by atoms with Gasteiger partial charge in [-0.3, -0.25) is 4.57 Å². The molecule has 0 aliphatic carbocycles. The zero-order valence-electron chi connectivity index (χ0n) is 23.9. The van der Waals surface area contributed by atoms with Gasteiger partial charge in [-0.15, -0.1) is 11.6 Å². The number of allylic oxidation sites excluding steroid dienone is 2. The number of alkyl halides is 5. The zero-order valence-corrected chi connectivity index (χ0v) is 24.7. The molecule has 0 N–H and O–H groups in total. The molecule has 0 aliphatic rings. The highest BCUT2D eigenvalue weighted by Crippen LogP contribution is 2.28. The van der Waals surface area contributed by atoms with Crippen LogP contribution in [0.5, 0.6) is 0 Å². The van der Waals surface area contributed by atoms with Crippen LogP contribution in [0.3, 0.4) is 0 Å². The first-order chi connectivity index (χ1) is 20.6. The lowest BCUT2D eigenvalue weighted by Gasteiger charge is -2.15. The minimum Gasteiger partial charge on any atom is -0.299 e. The Morgan fingerprint density at radius 2 is 1.51 bits per heavy atom. The molecule has 0 spiro atoms. The van der Waals surface area contributed by atoms with E-state index in [0.717, 1.165) is 40.0 Å². The average molecular weight is 603 g/mol. The van der Waals surface area contributed by atoms with E-state index in [-0.39, 0.29) is 6.71 Å². The van der Waals surface area contributed by atoms with Gasteiger partial charge in [0.15, 0.2) is 0 Å². The minimum absolute atomic E-state index is 0.132. The number of halogens is 5. The lowest BCUT2D eigenvalue weighted by Crippen LogP contribution is -2.41. The molecule has 5 aromatic rings. The molecule has 2 nitrogen and oxygen atoms in total. The number of nitrogens with zero attached hydrogens (tertiary/aromatic N) is 2. The van der Waals surface area contributed by atoms with E-state index in [2.05, 4.69) is 33.8 Å². The van der Waals surface area contributed by atoms with Crippen LogP contribution in [-0.4, -0.2) is 27.8 Å². The summed E-state index contributed by atoms with van der Waals surface area (Å²) in [7, 11) is 0. The maximum atomic E-state index is 13.2. The van der Waals surface area contributed by atoms with Crippen molar-refractivity contribution in [1.82, 2.24) is 9.55 Å². The van der Waals surface area contributed by atoms with Crippen molar-refractivity contribution in [3.05, 3.63) is 145 Å². The first kappa shape index (κ1) is 31.8. The molecule has 0 saturated carbocycles. The molecule has 0 fully saturated rings. The van der Waals surface area contributed by atoms with Gasteiger partial charge in [-0.2, -0.15) is 13.2 Å². The summed E-state index contributed by atoms with van der Waals surface area (Å²) in [5, 5.41) is -0.722. The van der Waals surface area contributed by atoms with E-state index in [1.165, 1.54) is 24.6 Å². The monoisotopic (exact) mass is 602 g/mol. The van der Waals surface area contributed by atoms with Gasteiger partial charge in [0.1, 0.15) is 6.17 Å². The van der Waals surface area contributed by atoms with Gasteiger partial charge < -0.3 is 0 Å². The predicted molar refractivity (Wildman–Crippen MR) is 171 cm³/mol. The molecule has 5 rings (SSSR count). The van der Waals surface area contributed by atoms with Crippen LogP contribution in [0.1, 0.15) is 18.1 Å². The maximum Gasteiger partial charge on any atom is 0.416 e. The Morgan fingerprint density at radius 3 is 2.12 bits per heavy atom. The van der Waals surface area contributed by atoms with Gasteiger partial charge in [-0.25, -0.2) is 9.37 Å². The molecule has 0 saturated heterocycles. The molecule has 0 amide bonds. The third-order valence-corrected chi connectivity index (χ3v) is 7.45. The number of para-hydroxylation sites is 1. The lowest BCUT2D eigenvalue weighted by molar-refractivity contribution is -0.137. The summed E-state index contributed by atoms with van der Waals surface area (Å²) < 4.78 is 53.7. The molecule has 4 aromatic carbocycles. The highest BCUT2D eigenvalue weighted by molar-refractivity contribution is 6.85. The zero-order chi connectivity index (χ0) is 30.8. The van der Waals surface area contributed by atoms with Crippen LogP contribution in [0.4, 0.5) is 17.6 Å². The van der Waals surface area contributed by atoms with Gasteiger partial charge in [-0.05, 0) is 32.3 Å². The van der Waals surface area contributed by atoms with E-state index < -0.39 is 23.3 Å². The molecule has 0 bridgehead atoms. The Kier molecular flexibility index (Phi) is 11.0. The quantitative estimate of drug-likeness (QED) is 0.0752. The van der Waals surface area contributed by atoms with Gasteiger partial charge in [0, 0.05) is 11.3 Å². The number of hydrogen-bond donors (Lipinski definition) is 0. The molecular formula is C35H32BClF4N2. The Hall–Kier alpha value is -4.10. The van der Waals surface area contributed by atoms with Gasteiger partial charge in [-0.1, -0.05) is 126 Å². The predicted octanol–water partition coefficient (Wildman–Crippen LogP) is 8.68. The van der Waals surface area contributed by atoms with Crippen LogP contribution >= 0.6 is 11.6 Å². The third kappa shape index (κ3) is 8.95. The Bertz CT molecular complexity index is 1530. The maximum absolute atomic E-state index is 13.2. The van der Waals surface area contributed by atoms with E-state index in [0.29, 0.717) is 6.32 Å². The first-order valence-corrected chi connectivity index (χ1v) is 14.4. The average Bonchev–Trinajstić information content (AvgIpc) is 3.50. The highest BCUT2D eigenvalue weighted by Gasteiger charge is 2.30. The second-order valence-electron chi connectivity index (χ2n) is 10.2. The van der Waals surface area contributed by atoms with Crippen LogP contribution in [0.25, 0.3) is 16.9 Å². The molecule has 2 unspecified atom stereocenters. The van der Waals surface area contributed by atoms with Crippen molar-refractivity contribution in [1.29, 1.82) is 0 Å². The summed E-state index contributed by atoms with van der Waals surface area (Å²) in [5.41, 5.74) is 5.57. The van der Waals surface area contributed by atoms with Crippen molar-refractivity contribution in [3.63, 3.8) is 0 Å². The molecule has 0 aliphatic heterocycles. The van der Waals surface area contributed by atoms with Gasteiger partial charge in [0.05, 0.1) is 29.2 Å². The SMILES string of the molecule is Cc1cccc(B(CC=CC(Cl)C(C)F)c2ccc(C(F)(F)F)cc2)c1.c1ccc(-c2cncn2-c2ccccc2)cc1. The summed E-state index contributed by atoms with van der Waals surface area (Å²) in [6.45, 7) is 3.21. The van der Waals surface area contributed by atoms with Gasteiger partial charge >= 0.3 is 6.18 Å². The summed E-state index contributed by atoms with van der Waals surface area (Å²) in [6.07, 6.45) is 2.11. The van der Waals surface area contributed by atoms with E-state index in [4.69, 9.17) is 11.6 Å². The van der Waals surface area contributed by atoms with E-state index in [1.54, 1.807) is 12.2 Å². The Morgan fingerprint density at radius 1 is 0.860 bits per heavy atom. The molecule has 220 valence electrons. The number of rotatable bonds is 8. The van der Waals surface area contributed by atoms with Crippen LogP contribution in [-0.2, 0) is 6.18 Å². The van der Waals surface area contributed by atoms with Crippen molar-refractivity contribution >= 4 is 29.2 Å². The molecule has 43 heavy (non-hydrogen) atoms. The van der Waals surface area contributed by atoms with Gasteiger partial charge in [0.25, 0.3) is 0 Å². The second kappa shape index (κ2) is 14.9. The number of aryl methyl sites for hydroxylation is 1. The van der Waals surface area contributed by atoms with Crippen LogP contribution in [0.15, 0.2) is 134 Å². The largest absolute Gasteiger partial charge is 0.416 e. The molecule has 2 atom stereocenters. The van der Waals surface area contributed by atoms with Gasteiger partial charge in [0.2, 0.25) is 6.71 Å². The summed E-state index contributed by atoms with van der Waals surface area (Å²) in [4.78, 5) is 4.24. The summed E-state index contributed by atoms with van der Waals surface area (Å²) >= 11 is 5.90. The fourth-order valence-electron chi connectivity index (χ4n) is 4.67. The standard InChI is InChI=1S/C20H20BClF4.C15H12N2/c1-14-5-3-6-18(13-14)21(12-4-7-19(22)15(2)23)17-10-8-16(9-11-17)20(24,25)26;1-3-7-13(8-4-1)15-11-16-12-17(15)14-9-5-2-6-10-14/h3-11,13,15,19H,12H2,1-2H3;1-12H.